The summed E-state index contributed by atoms with van der Waals surface area (Å²) in [5.41, 5.74) is 1.73. The number of amides is 1. The molecule has 1 unspecified atom stereocenters. The first-order chi connectivity index (χ1) is 18.6. The molecule has 3 aromatic rings. The normalized spacial score (nSPS) is 18.6. The number of hydrogen-bond acceptors (Lipinski definition) is 7. The third-order valence-corrected chi connectivity index (χ3v) is 7.64. The Morgan fingerprint density at radius 2 is 2.03 bits per heavy atom. The SMILES string of the molecule is CC(n1cc(-c2cncc(Br)c2)nn1)n1ccc(N2CCC[C@@H](N(CC3CC3)C(=O)OC(C)(C)C)C2)cc1=O. The number of carbonyl (C=O) groups excluding carboxylic acids is 1. The number of pyridine rings is 2. The van der Waals surface area contributed by atoms with Gasteiger partial charge in [0.2, 0.25) is 0 Å². The first-order valence-corrected chi connectivity index (χ1v) is 14.4. The van der Waals surface area contributed by atoms with Crippen molar-refractivity contribution in [3.05, 3.63) is 57.8 Å². The van der Waals surface area contributed by atoms with Gasteiger partial charge in [0.1, 0.15) is 17.5 Å². The van der Waals surface area contributed by atoms with Crippen LogP contribution in [0.1, 0.15) is 59.5 Å². The number of halogens is 1. The van der Waals surface area contributed by atoms with Gasteiger partial charge in [0, 0.05) is 60.0 Å². The van der Waals surface area contributed by atoms with Crippen molar-refractivity contribution in [2.45, 2.75) is 71.2 Å². The Morgan fingerprint density at radius 3 is 2.72 bits per heavy atom. The summed E-state index contributed by atoms with van der Waals surface area (Å²) >= 11 is 3.43. The van der Waals surface area contributed by atoms with E-state index < -0.39 is 5.60 Å². The van der Waals surface area contributed by atoms with E-state index >= 15 is 0 Å². The van der Waals surface area contributed by atoms with Gasteiger partial charge >= 0.3 is 6.09 Å². The molecule has 2 aliphatic rings. The molecule has 0 bridgehead atoms. The number of carbonyl (C=O) groups is 1. The van der Waals surface area contributed by atoms with Crippen molar-refractivity contribution in [2.75, 3.05) is 24.5 Å². The molecule has 1 saturated heterocycles. The number of aromatic nitrogens is 5. The van der Waals surface area contributed by atoms with Gasteiger partial charge in [0.25, 0.3) is 5.56 Å². The van der Waals surface area contributed by atoms with Gasteiger partial charge in [-0.2, -0.15) is 0 Å². The first-order valence-electron chi connectivity index (χ1n) is 13.6. The third-order valence-electron chi connectivity index (χ3n) is 7.21. The molecule has 39 heavy (non-hydrogen) atoms. The zero-order valence-electron chi connectivity index (χ0n) is 23.0. The van der Waals surface area contributed by atoms with Crippen LogP contribution in [0, 0.1) is 5.92 Å². The quantitative estimate of drug-likeness (QED) is 0.380. The highest BCUT2D eigenvalue weighted by Gasteiger charge is 2.36. The summed E-state index contributed by atoms with van der Waals surface area (Å²) < 4.78 is 9.93. The van der Waals surface area contributed by atoms with Gasteiger partial charge in [-0.25, -0.2) is 9.48 Å². The maximum atomic E-state index is 13.2. The van der Waals surface area contributed by atoms with E-state index in [9.17, 15) is 9.59 Å². The summed E-state index contributed by atoms with van der Waals surface area (Å²) in [5.74, 6) is 0.565. The molecule has 0 aromatic carbocycles. The molecular weight excluding hydrogens is 562 g/mol. The Bertz CT molecular complexity index is 1380. The molecule has 0 radical (unpaired) electrons. The first kappa shape index (κ1) is 27.4. The molecule has 0 spiro atoms. The molecule has 4 heterocycles. The largest absolute Gasteiger partial charge is 0.444 e. The highest BCUT2D eigenvalue weighted by atomic mass is 79.9. The van der Waals surface area contributed by atoms with Gasteiger partial charge < -0.3 is 14.5 Å². The van der Waals surface area contributed by atoms with Crippen LogP contribution in [0.25, 0.3) is 11.3 Å². The van der Waals surface area contributed by atoms with Crippen molar-refractivity contribution in [1.82, 2.24) is 29.4 Å². The van der Waals surface area contributed by atoms with Crippen LogP contribution in [0.15, 0.2) is 52.3 Å². The number of ether oxygens (including phenoxy) is 1. The van der Waals surface area contributed by atoms with Crippen LogP contribution in [0.5, 0.6) is 0 Å². The lowest BCUT2D eigenvalue weighted by Gasteiger charge is -2.40. The fourth-order valence-electron chi connectivity index (χ4n) is 4.97. The predicted molar refractivity (Wildman–Crippen MR) is 153 cm³/mol. The lowest BCUT2D eigenvalue weighted by molar-refractivity contribution is 0.0134. The molecule has 1 aliphatic carbocycles. The van der Waals surface area contributed by atoms with E-state index in [0.29, 0.717) is 18.2 Å². The number of piperidine rings is 1. The second kappa shape index (κ2) is 11.1. The minimum Gasteiger partial charge on any atom is -0.444 e. The van der Waals surface area contributed by atoms with Gasteiger partial charge in [0.05, 0.1) is 12.2 Å². The lowest BCUT2D eigenvalue weighted by Crippen LogP contribution is -2.52. The van der Waals surface area contributed by atoms with Crippen molar-refractivity contribution in [2.24, 2.45) is 5.92 Å². The Morgan fingerprint density at radius 1 is 1.23 bits per heavy atom. The van der Waals surface area contributed by atoms with Crippen molar-refractivity contribution in [3.63, 3.8) is 0 Å². The molecular formula is C28H36BrN7O3. The Balaban J connectivity index is 1.30. The molecule has 11 heteroatoms. The van der Waals surface area contributed by atoms with E-state index in [-0.39, 0.29) is 23.9 Å². The summed E-state index contributed by atoms with van der Waals surface area (Å²) in [4.78, 5) is 34.7. The van der Waals surface area contributed by atoms with Crippen molar-refractivity contribution >= 4 is 27.7 Å². The summed E-state index contributed by atoms with van der Waals surface area (Å²) in [6.07, 6.45) is 10.7. The highest BCUT2D eigenvalue weighted by Crippen LogP contribution is 2.32. The average Bonchev–Trinajstić information content (AvgIpc) is 3.58. The maximum absolute atomic E-state index is 13.2. The molecule has 5 rings (SSSR count). The highest BCUT2D eigenvalue weighted by molar-refractivity contribution is 9.10. The Kier molecular flexibility index (Phi) is 7.80. The number of nitrogens with zero attached hydrogens (tertiary/aromatic N) is 7. The van der Waals surface area contributed by atoms with E-state index in [1.165, 1.54) is 12.8 Å². The smallest absolute Gasteiger partial charge is 0.410 e. The maximum Gasteiger partial charge on any atom is 0.410 e. The van der Waals surface area contributed by atoms with Gasteiger partial charge in [-0.15, -0.1) is 5.10 Å². The van der Waals surface area contributed by atoms with Crippen LogP contribution in [0.2, 0.25) is 0 Å². The number of anilines is 1. The zero-order chi connectivity index (χ0) is 27.7. The van der Waals surface area contributed by atoms with Crippen molar-refractivity contribution in [1.29, 1.82) is 0 Å². The summed E-state index contributed by atoms with van der Waals surface area (Å²) in [6, 6.07) is 5.62. The Hall–Kier alpha value is -3.21. The summed E-state index contributed by atoms with van der Waals surface area (Å²) in [5, 5.41) is 8.52. The fraction of sp³-hybridized carbons (Fsp3) is 0.536. The second-order valence-corrected chi connectivity index (χ2v) is 12.5. The van der Waals surface area contributed by atoms with Crippen LogP contribution in [0.3, 0.4) is 0 Å². The molecule has 2 atom stereocenters. The molecule has 0 N–H and O–H groups in total. The fourth-order valence-corrected chi connectivity index (χ4v) is 5.34. The minimum absolute atomic E-state index is 0.0524. The van der Waals surface area contributed by atoms with Gasteiger partial charge in [-0.05, 0) is 87.4 Å². The predicted octanol–water partition coefficient (Wildman–Crippen LogP) is 4.95. The molecule has 208 valence electrons. The van der Waals surface area contributed by atoms with E-state index in [4.69, 9.17) is 4.74 Å². The summed E-state index contributed by atoms with van der Waals surface area (Å²) in [6.45, 7) is 9.88. The lowest BCUT2D eigenvalue weighted by atomic mass is 10.0. The molecule has 1 aliphatic heterocycles. The molecule has 2 fully saturated rings. The number of rotatable bonds is 7. The minimum atomic E-state index is -0.534. The van der Waals surface area contributed by atoms with Crippen LogP contribution in [-0.4, -0.2) is 66.8 Å². The molecule has 10 nitrogen and oxygen atoms in total. The van der Waals surface area contributed by atoms with Gasteiger partial charge in [-0.3, -0.25) is 14.3 Å². The Labute approximate surface area is 237 Å². The molecule has 1 saturated carbocycles. The van der Waals surface area contributed by atoms with Crippen LogP contribution in [0.4, 0.5) is 10.5 Å². The third kappa shape index (κ3) is 6.69. The van der Waals surface area contributed by atoms with Crippen molar-refractivity contribution < 1.29 is 9.53 Å². The van der Waals surface area contributed by atoms with Crippen LogP contribution in [-0.2, 0) is 4.74 Å². The molecule has 1 amide bonds. The average molecular weight is 599 g/mol. The van der Waals surface area contributed by atoms with Gasteiger partial charge in [-0.1, -0.05) is 5.21 Å². The number of hydrogen-bond donors (Lipinski definition) is 0. The van der Waals surface area contributed by atoms with Crippen LogP contribution >= 0.6 is 15.9 Å². The van der Waals surface area contributed by atoms with E-state index in [1.807, 2.05) is 57.1 Å². The molecule has 3 aromatic heterocycles. The second-order valence-electron chi connectivity index (χ2n) is 11.6. The van der Waals surface area contributed by atoms with Crippen molar-refractivity contribution in [3.8, 4) is 11.3 Å². The van der Waals surface area contributed by atoms with Gasteiger partial charge in [0.15, 0.2) is 0 Å². The van der Waals surface area contributed by atoms with E-state index in [0.717, 1.165) is 41.7 Å². The summed E-state index contributed by atoms with van der Waals surface area (Å²) in [7, 11) is 0. The van der Waals surface area contributed by atoms with E-state index in [1.54, 1.807) is 27.7 Å². The monoisotopic (exact) mass is 597 g/mol. The topological polar surface area (TPSA) is 98.4 Å². The van der Waals surface area contributed by atoms with Crippen LogP contribution < -0.4 is 10.5 Å². The standard InChI is InChI=1S/C28H36BrN7O3/c1-19(36-18-25(31-32-36)21-12-22(29)15-30-14-21)34-11-9-23(13-26(34)37)33-10-5-6-24(17-33)35(16-20-7-8-20)27(38)39-28(2,3)4/h9,11-15,18-20,24H,5-8,10,16-17H2,1-4H3/t19?,24-/m1/s1. The zero-order valence-corrected chi connectivity index (χ0v) is 24.5. The van der Waals surface area contributed by atoms with E-state index in [2.05, 4.69) is 36.1 Å².